The molecule has 0 aromatic carbocycles. The largest absolute Gasteiger partial charge is 0.325 e. The molecule has 144 valence electrons. The van der Waals surface area contributed by atoms with Crippen LogP contribution in [0, 0.1) is 34.5 Å². The van der Waals surface area contributed by atoms with Crippen molar-refractivity contribution in [1.29, 1.82) is 0 Å². The van der Waals surface area contributed by atoms with E-state index in [0.717, 1.165) is 12.8 Å². The number of hydrogen-bond acceptors (Lipinski definition) is 4. The van der Waals surface area contributed by atoms with Crippen LogP contribution in [0.2, 0.25) is 0 Å². The van der Waals surface area contributed by atoms with Gasteiger partial charge in [0.05, 0.1) is 0 Å². The van der Waals surface area contributed by atoms with Gasteiger partial charge in [-0.05, 0) is 47.8 Å². The van der Waals surface area contributed by atoms with Crippen molar-refractivity contribution in [1.82, 2.24) is 19.5 Å². The zero-order valence-corrected chi connectivity index (χ0v) is 16.0. The second-order valence-corrected chi connectivity index (χ2v) is 9.70. The second kappa shape index (κ2) is 5.20. The van der Waals surface area contributed by atoms with Gasteiger partial charge in [0.15, 0.2) is 11.2 Å². The average Bonchev–Trinajstić information content (AvgIpc) is 3.14. The molecule has 2 N–H and O–H groups in total. The van der Waals surface area contributed by atoms with Gasteiger partial charge >= 0.3 is 5.69 Å². The first-order valence-electron chi connectivity index (χ1n) is 9.94. The minimum atomic E-state index is -0.441. The zero-order chi connectivity index (χ0) is 19.1. The van der Waals surface area contributed by atoms with E-state index in [4.69, 9.17) is 0 Å². The Morgan fingerprint density at radius 3 is 2.74 bits per heavy atom. The van der Waals surface area contributed by atoms with Gasteiger partial charge in [0, 0.05) is 18.9 Å². The van der Waals surface area contributed by atoms with Crippen molar-refractivity contribution in [3.05, 3.63) is 27.2 Å². The predicted molar refractivity (Wildman–Crippen MR) is 100 cm³/mol. The van der Waals surface area contributed by atoms with Crippen molar-refractivity contribution in [3.63, 3.8) is 0 Å². The number of hydrogen-bond donors (Lipinski definition) is 2. The highest BCUT2D eigenvalue weighted by Gasteiger charge is 2.68. The molecule has 2 aromatic heterocycles. The number of fused-ring (bicyclic) bond motifs is 1. The lowest BCUT2D eigenvalue weighted by Gasteiger charge is -2.44. The normalized spacial score (nSPS) is 37.1. The summed E-state index contributed by atoms with van der Waals surface area (Å²) in [6.07, 6.45) is 5.54. The molecular weight excluding hydrogens is 344 g/mol. The van der Waals surface area contributed by atoms with E-state index in [0.29, 0.717) is 36.5 Å². The van der Waals surface area contributed by atoms with E-state index in [2.05, 4.69) is 35.7 Å². The SMILES string of the molecule is C[C@H]1CC[C@H]2[C@@H]3CC(=O)[C@H](Cn4cnc5[nH]c(=O)[nH]c5c4=O)[C@@]13CC2(C)C. The number of nitrogens with zero attached hydrogens (tertiary/aromatic N) is 2. The van der Waals surface area contributed by atoms with E-state index in [1.807, 2.05) is 0 Å². The summed E-state index contributed by atoms with van der Waals surface area (Å²) in [6.45, 7) is 7.35. The van der Waals surface area contributed by atoms with Crippen molar-refractivity contribution in [2.75, 3.05) is 0 Å². The summed E-state index contributed by atoms with van der Waals surface area (Å²) in [7, 11) is 0. The van der Waals surface area contributed by atoms with Crippen LogP contribution in [-0.4, -0.2) is 25.3 Å². The average molecular weight is 370 g/mol. The van der Waals surface area contributed by atoms with Gasteiger partial charge in [-0.15, -0.1) is 0 Å². The molecule has 7 heteroatoms. The number of rotatable bonds is 2. The zero-order valence-electron chi connectivity index (χ0n) is 16.0. The third-order valence-corrected chi connectivity index (χ3v) is 8.12. The molecule has 0 unspecified atom stereocenters. The molecule has 0 radical (unpaired) electrons. The van der Waals surface area contributed by atoms with Gasteiger partial charge in [-0.2, -0.15) is 0 Å². The molecule has 5 rings (SSSR count). The highest BCUT2D eigenvalue weighted by Crippen LogP contribution is 2.72. The fraction of sp³-hybridized carbons (Fsp3) is 0.700. The summed E-state index contributed by atoms with van der Waals surface area (Å²) in [5.41, 5.74) is -0.0457. The molecule has 27 heavy (non-hydrogen) atoms. The molecule has 3 aliphatic rings. The van der Waals surface area contributed by atoms with Gasteiger partial charge in [-0.25, -0.2) is 9.78 Å². The Bertz CT molecular complexity index is 1060. The minimum absolute atomic E-state index is 0.0105. The lowest BCUT2D eigenvalue weighted by Crippen LogP contribution is -2.43. The highest BCUT2D eigenvalue weighted by molar-refractivity contribution is 5.85. The third-order valence-electron chi connectivity index (χ3n) is 8.12. The Morgan fingerprint density at radius 1 is 1.19 bits per heavy atom. The van der Waals surface area contributed by atoms with E-state index < -0.39 is 5.69 Å². The van der Waals surface area contributed by atoms with Gasteiger partial charge in [-0.1, -0.05) is 20.8 Å². The van der Waals surface area contributed by atoms with Gasteiger partial charge in [0.1, 0.15) is 12.1 Å². The molecule has 5 atom stereocenters. The molecular formula is C20H26N4O3. The topological polar surface area (TPSA) is 101 Å². The van der Waals surface area contributed by atoms with Crippen LogP contribution in [0.3, 0.4) is 0 Å². The number of carbonyl (C=O) groups excluding carboxylic acids is 1. The number of imidazole rings is 1. The number of carbonyl (C=O) groups is 1. The van der Waals surface area contributed by atoms with Crippen LogP contribution >= 0.6 is 0 Å². The number of nitrogens with one attached hydrogen (secondary N) is 2. The van der Waals surface area contributed by atoms with Gasteiger partial charge < -0.3 is 0 Å². The van der Waals surface area contributed by atoms with E-state index >= 15 is 0 Å². The van der Waals surface area contributed by atoms with Crippen molar-refractivity contribution < 1.29 is 4.79 Å². The lowest BCUT2D eigenvalue weighted by molar-refractivity contribution is -0.124. The first-order valence-corrected chi connectivity index (χ1v) is 9.94. The summed E-state index contributed by atoms with van der Waals surface area (Å²) >= 11 is 0. The molecule has 3 fully saturated rings. The molecule has 3 saturated carbocycles. The van der Waals surface area contributed by atoms with Crippen molar-refractivity contribution in [2.24, 2.45) is 34.5 Å². The number of ketones is 1. The standard InChI is InChI=1S/C20H26N4O3/c1-10-4-5-11-12-6-14(25)13(20(10,12)8-19(11,2)3)7-24-9-21-16-15(17(24)26)22-18(27)23-16/h9-13H,4-8H2,1-3H3,(H2,22,23,27)/t10-,11-,12-,13-,20-/m0/s1. The van der Waals surface area contributed by atoms with E-state index in [-0.39, 0.29) is 33.5 Å². The molecule has 2 aromatic rings. The predicted octanol–water partition coefficient (Wildman–Crippen LogP) is 2.08. The van der Waals surface area contributed by atoms with E-state index in [1.165, 1.54) is 17.3 Å². The molecule has 0 amide bonds. The number of aromatic nitrogens is 4. The van der Waals surface area contributed by atoms with Crippen LogP contribution in [0.15, 0.2) is 15.9 Å². The molecule has 7 nitrogen and oxygen atoms in total. The minimum Gasteiger partial charge on any atom is -0.300 e. The second-order valence-electron chi connectivity index (χ2n) is 9.70. The molecule has 0 saturated heterocycles. The Kier molecular flexibility index (Phi) is 3.27. The molecule has 2 heterocycles. The first kappa shape index (κ1) is 17.0. The fourth-order valence-corrected chi connectivity index (χ4v) is 7.06. The number of aromatic amines is 2. The molecule has 0 spiro atoms. The Hall–Kier alpha value is -2.18. The van der Waals surface area contributed by atoms with Crippen LogP contribution < -0.4 is 11.2 Å². The summed E-state index contributed by atoms with van der Waals surface area (Å²) in [6, 6.07) is 0. The number of H-pyrrole nitrogens is 2. The van der Waals surface area contributed by atoms with Crippen molar-refractivity contribution in [3.8, 4) is 0 Å². The van der Waals surface area contributed by atoms with Crippen LogP contribution in [0.25, 0.3) is 11.2 Å². The van der Waals surface area contributed by atoms with Crippen LogP contribution in [0.5, 0.6) is 0 Å². The molecule has 2 bridgehead atoms. The van der Waals surface area contributed by atoms with Crippen LogP contribution in [0.1, 0.15) is 46.5 Å². The summed E-state index contributed by atoms with van der Waals surface area (Å²) in [5.74, 6) is 1.67. The van der Waals surface area contributed by atoms with Crippen LogP contribution in [-0.2, 0) is 11.3 Å². The Labute approximate surface area is 156 Å². The summed E-state index contributed by atoms with van der Waals surface area (Å²) in [5, 5.41) is 0. The van der Waals surface area contributed by atoms with Crippen molar-refractivity contribution >= 4 is 16.9 Å². The summed E-state index contributed by atoms with van der Waals surface area (Å²) in [4.78, 5) is 46.6. The lowest BCUT2D eigenvalue weighted by atomic mass is 9.60. The van der Waals surface area contributed by atoms with Gasteiger partial charge in [0.25, 0.3) is 5.56 Å². The first-order chi connectivity index (χ1) is 12.7. The number of Topliss-reactive ketones (excluding diaryl/α,β-unsaturated/α-hetero) is 1. The smallest absolute Gasteiger partial charge is 0.300 e. The van der Waals surface area contributed by atoms with E-state index in [9.17, 15) is 14.4 Å². The Morgan fingerprint density at radius 2 is 1.96 bits per heavy atom. The maximum atomic E-state index is 13.1. The van der Waals surface area contributed by atoms with Crippen molar-refractivity contribution in [2.45, 2.75) is 53.0 Å². The maximum absolute atomic E-state index is 13.1. The quantitative estimate of drug-likeness (QED) is 0.845. The highest BCUT2D eigenvalue weighted by atomic mass is 16.1. The van der Waals surface area contributed by atoms with Crippen LogP contribution in [0.4, 0.5) is 0 Å². The third kappa shape index (κ3) is 2.08. The summed E-state index contributed by atoms with van der Waals surface area (Å²) < 4.78 is 1.52. The maximum Gasteiger partial charge on any atom is 0.325 e. The van der Waals surface area contributed by atoms with Gasteiger partial charge in [-0.3, -0.25) is 24.1 Å². The fourth-order valence-electron chi connectivity index (χ4n) is 7.06. The molecule has 0 aliphatic heterocycles. The van der Waals surface area contributed by atoms with E-state index in [1.54, 1.807) is 0 Å². The monoisotopic (exact) mass is 370 g/mol. The molecule has 3 aliphatic carbocycles. The Balaban J connectivity index is 1.59. The van der Waals surface area contributed by atoms with Gasteiger partial charge in [0.2, 0.25) is 0 Å².